The van der Waals surface area contributed by atoms with Gasteiger partial charge >= 0.3 is 17.9 Å². The summed E-state index contributed by atoms with van der Waals surface area (Å²) in [5.41, 5.74) is 0. The molecule has 0 aliphatic rings. The number of esters is 3. The predicted molar refractivity (Wildman–Crippen MR) is 293 cm³/mol. The second-order valence-corrected chi connectivity index (χ2v) is 19.9. The first-order valence-electron chi connectivity index (χ1n) is 29.7. The van der Waals surface area contributed by atoms with Crippen LogP contribution in [0.15, 0.2) is 48.6 Å². The Morgan fingerprint density at radius 3 is 0.926 bits per heavy atom. The summed E-state index contributed by atoms with van der Waals surface area (Å²) in [5.74, 6) is -0.875. The summed E-state index contributed by atoms with van der Waals surface area (Å²) in [7, 11) is 0. The molecule has 0 N–H and O–H groups in total. The van der Waals surface area contributed by atoms with Crippen LogP contribution in [0.4, 0.5) is 0 Å². The summed E-state index contributed by atoms with van der Waals surface area (Å²) in [6, 6.07) is 0. The number of ether oxygens (including phenoxy) is 3. The number of carbonyl (C=O) groups is 3. The van der Waals surface area contributed by atoms with Gasteiger partial charge in [-0.2, -0.15) is 0 Å². The largest absolute Gasteiger partial charge is 0.462 e. The Kier molecular flexibility index (Phi) is 54.8. The Morgan fingerprint density at radius 2 is 0.588 bits per heavy atom. The van der Waals surface area contributed by atoms with Crippen molar-refractivity contribution in [2.24, 2.45) is 0 Å². The van der Waals surface area contributed by atoms with Gasteiger partial charge in [-0.25, -0.2) is 0 Å². The highest BCUT2D eigenvalue weighted by Crippen LogP contribution is 2.17. The topological polar surface area (TPSA) is 78.9 Å². The SMILES string of the molecule is CC\C=C/C=C\C=C/CCCCCCCCCC(=O)OCC(COC(=O)CCCCCCCCCCCCCCCCCCCC)OC(=O)CCCCCCCCC/C=C\CCCCCCCC. The number of carbonyl (C=O) groups excluding carboxylic acids is 3. The maximum atomic E-state index is 12.9. The van der Waals surface area contributed by atoms with Crippen molar-refractivity contribution < 1.29 is 28.6 Å². The van der Waals surface area contributed by atoms with Crippen molar-refractivity contribution in [1.82, 2.24) is 0 Å². The number of hydrogen-bond donors (Lipinski definition) is 0. The summed E-state index contributed by atoms with van der Waals surface area (Å²) < 4.78 is 16.9. The fourth-order valence-corrected chi connectivity index (χ4v) is 8.67. The Labute approximate surface area is 422 Å². The summed E-state index contributed by atoms with van der Waals surface area (Å²) in [6.45, 7) is 6.54. The van der Waals surface area contributed by atoms with Crippen molar-refractivity contribution >= 4 is 17.9 Å². The zero-order valence-electron chi connectivity index (χ0n) is 45.4. The quantitative estimate of drug-likeness (QED) is 0.0199. The van der Waals surface area contributed by atoms with Gasteiger partial charge in [-0.1, -0.05) is 275 Å². The molecule has 0 spiro atoms. The molecule has 0 saturated heterocycles. The van der Waals surface area contributed by atoms with Gasteiger partial charge in [0.2, 0.25) is 0 Å². The average Bonchev–Trinajstić information content (AvgIpc) is 3.34. The minimum absolute atomic E-state index is 0.0755. The molecule has 0 bridgehead atoms. The van der Waals surface area contributed by atoms with Gasteiger partial charge in [0.25, 0.3) is 0 Å². The molecule has 0 heterocycles. The Hall–Kier alpha value is -2.63. The van der Waals surface area contributed by atoms with Gasteiger partial charge in [0.1, 0.15) is 13.2 Å². The monoisotopic (exact) mass is 953 g/mol. The van der Waals surface area contributed by atoms with Gasteiger partial charge in [0.15, 0.2) is 6.10 Å². The molecule has 1 atom stereocenters. The highest BCUT2D eigenvalue weighted by atomic mass is 16.6. The van der Waals surface area contributed by atoms with Crippen LogP contribution in [-0.2, 0) is 28.6 Å². The van der Waals surface area contributed by atoms with Crippen molar-refractivity contribution in [2.75, 3.05) is 13.2 Å². The molecule has 6 heteroatoms. The molecule has 6 nitrogen and oxygen atoms in total. The number of rotatable bonds is 54. The fourth-order valence-electron chi connectivity index (χ4n) is 8.67. The third-order valence-electron chi connectivity index (χ3n) is 13.1. The second kappa shape index (κ2) is 57.0. The van der Waals surface area contributed by atoms with Crippen molar-refractivity contribution in [1.29, 1.82) is 0 Å². The highest BCUT2D eigenvalue weighted by Gasteiger charge is 2.19. The molecular weight excluding hydrogens is 841 g/mol. The third kappa shape index (κ3) is 54.3. The number of hydrogen-bond acceptors (Lipinski definition) is 6. The molecule has 0 fully saturated rings. The lowest BCUT2D eigenvalue weighted by Gasteiger charge is -2.18. The van der Waals surface area contributed by atoms with Gasteiger partial charge in [-0.3, -0.25) is 14.4 Å². The van der Waals surface area contributed by atoms with Crippen LogP contribution >= 0.6 is 0 Å². The summed E-state index contributed by atoms with van der Waals surface area (Å²) >= 11 is 0. The van der Waals surface area contributed by atoms with E-state index in [4.69, 9.17) is 14.2 Å². The normalized spacial score (nSPS) is 12.3. The van der Waals surface area contributed by atoms with Crippen LogP contribution in [0.3, 0.4) is 0 Å². The molecule has 0 aliphatic carbocycles. The zero-order chi connectivity index (χ0) is 49.3. The molecule has 0 aliphatic heterocycles. The smallest absolute Gasteiger partial charge is 0.306 e. The molecule has 1 unspecified atom stereocenters. The lowest BCUT2D eigenvalue weighted by atomic mass is 10.0. The minimum atomic E-state index is -0.778. The second-order valence-electron chi connectivity index (χ2n) is 19.9. The predicted octanol–water partition coefficient (Wildman–Crippen LogP) is 19.8. The molecular formula is C62H112O6. The van der Waals surface area contributed by atoms with Crippen LogP contribution in [0, 0.1) is 0 Å². The van der Waals surface area contributed by atoms with Gasteiger partial charge < -0.3 is 14.2 Å². The Morgan fingerprint density at radius 1 is 0.309 bits per heavy atom. The average molecular weight is 954 g/mol. The maximum absolute atomic E-state index is 12.9. The Bertz CT molecular complexity index is 1190. The Balaban J connectivity index is 4.35. The van der Waals surface area contributed by atoms with Crippen LogP contribution in [0.5, 0.6) is 0 Å². The van der Waals surface area contributed by atoms with E-state index in [9.17, 15) is 14.4 Å². The van der Waals surface area contributed by atoms with E-state index in [1.165, 1.54) is 199 Å². The zero-order valence-corrected chi connectivity index (χ0v) is 45.4. The first kappa shape index (κ1) is 65.4. The van der Waals surface area contributed by atoms with Crippen LogP contribution < -0.4 is 0 Å². The summed E-state index contributed by atoms with van der Waals surface area (Å²) in [5, 5.41) is 0. The van der Waals surface area contributed by atoms with E-state index in [-0.39, 0.29) is 31.1 Å². The van der Waals surface area contributed by atoms with E-state index in [0.717, 1.165) is 70.6 Å². The molecule has 68 heavy (non-hydrogen) atoms. The van der Waals surface area contributed by atoms with Crippen LogP contribution in [0.1, 0.15) is 310 Å². The van der Waals surface area contributed by atoms with Gasteiger partial charge in [-0.15, -0.1) is 0 Å². The van der Waals surface area contributed by atoms with Gasteiger partial charge in [0, 0.05) is 19.3 Å². The molecule has 0 aromatic rings. The lowest BCUT2D eigenvalue weighted by Crippen LogP contribution is -2.30. The fraction of sp³-hybridized carbons (Fsp3) is 0.823. The lowest BCUT2D eigenvalue weighted by molar-refractivity contribution is -0.167. The molecule has 0 aromatic carbocycles. The van der Waals surface area contributed by atoms with Crippen molar-refractivity contribution in [3.05, 3.63) is 48.6 Å². The van der Waals surface area contributed by atoms with E-state index in [1.807, 2.05) is 0 Å². The van der Waals surface area contributed by atoms with Crippen molar-refractivity contribution in [3.63, 3.8) is 0 Å². The van der Waals surface area contributed by atoms with Gasteiger partial charge in [-0.05, 0) is 64.2 Å². The molecule has 0 radical (unpaired) electrons. The van der Waals surface area contributed by atoms with Crippen molar-refractivity contribution in [3.8, 4) is 0 Å². The molecule has 0 saturated carbocycles. The maximum Gasteiger partial charge on any atom is 0.306 e. The summed E-state index contributed by atoms with van der Waals surface area (Å²) in [4.78, 5) is 38.2. The first-order valence-corrected chi connectivity index (χ1v) is 29.7. The number of allylic oxidation sites excluding steroid dienone is 8. The molecule has 0 aromatic heterocycles. The van der Waals surface area contributed by atoms with Gasteiger partial charge in [0.05, 0.1) is 0 Å². The van der Waals surface area contributed by atoms with Crippen LogP contribution in [-0.4, -0.2) is 37.2 Å². The summed E-state index contributed by atoms with van der Waals surface area (Å²) in [6.07, 6.45) is 69.6. The minimum Gasteiger partial charge on any atom is -0.462 e. The van der Waals surface area contributed by atoms with E-state index >= 15 is 0 Å². The standard InChI is InChI=1S/C62H112O6/c1-4-7-10-13-16-19-22-25-28-30-32-34-37-40-43-46-49-52-55-61(64)67-58-59(57-66-60(63)54-51-48-45-42-39-36-33-27-24-21-18-15-12-9-6-3)68-62(65)56-53-50-47-44-41-38-35-31-29-26-23-20-17-14-11-8-5-2/h9,12,15,18,21,24,26,29,59H,4-8,10-11,13-14,16-17,19-20,22-23,25,27-28,30-58H2,1-3H3/b12-9-,18-15-,24-21-,29-26-. The molecule has 396 valence electrons. The highest BCUT2D eigenvalue weighted by molar-refractivity contribution is 5.71. The van der Waals surface area contributed by atoms with E-state index in [1.54, 1.807) is 0 Å². The number of unbranched alkanes of at least 4 members (excludes halogenated alkanes) is 37. The van der Waals surface area contributed by atoms with E-state index in [2.05, 4.69) is 69.4 Å². The molecule has 0 rings (SSSR count). The third-order valence-corrected chi connectivity index (χ3v) is 13.1. The van der Waals surface area contributed by atoms with Crippen molar-refractivity contribution in [2.45, 2.75) is 316 Å². The van der Waals surface area contributed by atoms with E-state index < -0.39 is 6.10 Å². The molecule has 0 amide bonds. The van der Waals surface area contributed by atoms with Crippen LogP contribution in [0.25, 0.3) is 0 Å². The van der Waals surface area contributed by atoms with Crippen LogP contribution in [0.2, 0.25) is 0 Å². The first-order chi connectivity index (χ1) is 33.5. The van der Waals surface area contributed by atoms with E-state index in [0.29, 0.717) is 19.3 Å².